The van der Waals surface area contributed by atoms with Gasteiger partial charge in [0.25, 0.3) is 0 Å². The Labute approximate surface area is 139 Å². The standard InChI is InChI=1S/C14H20N6O4/c1-11(21)17-2-4-18(5-3-17)13-12(20(22)23)14(16-10-15-13)19-6-8-24-9-7-19/h10H,2-9H2,1H3. The lowest BCUT2D eigenvalue weighted by molar-refractivity contribution is -0.383. The van der Waals surface area contributed by atoms with E-state index >= 15 is 0 Å². The monoisotopic (exact) mass is 336 g/mol. The predicted molar refractivity (Wildman–Crippen MR) is 86.2 cm³/mol. The first-order chi connectivity index (χ1) is 11.6. The summed E-state index contributed by atoms with van der Waals surface area (Å²) in [6, 6.07) is 0. The molecule has 130 valence electrons. The van der Waals surface area contributed by atoms with Gasteiger partial charge in [-0.3, -0.25) is 14.9 Å². The number of anilines is 2. The molecule has 3 heterocycles. The molecule has 2 aliphatic rings. The minimum absolute atomic E-state index is 0.0147. The van der Waals surface area contributed by atoms with Crippen molar-refractivity contribution in [1.82, 2.24) is 14.9 Å². The van der Waals surface area contributed by atoms with Gasteiger partial charge in [0.15, 0.2) is 0 Å². The molecule has 2 aliphatic heterocycles. The molecule has 24 heavy (non-hydrogen) atoms. The predicted octanol–water partition coefficient (Wildman–Crippen LogP) is -0.110. The van der Waals surface area contributed by atoms with E-state index in [2.05, 4.69) is 9.97 Å². The Morgan fingerprint density at radius 2 is 1.62 bits per heavy atom. The van der Waals surface area contributed by atoms with Gasteiger partial charge in [0, 0.05) is 46.2 Å². The summed E-state index contributed by atoms with van der Waals surface area (Å²) in [6.07, 6.45) is 1.37. The third-order valence-electron chi connectivity index (χ3n) is 4.30. The number of morpholine rings is 1. The second-order valence-electron chi connectivity index (χ2n) is 5.72. The molecule has 0 unspecified atom stereocenters. The number of ether oxygens (including phenoxy) is 1. The molecule has 0 aliphatic carbocycles. The molecule has 1 aromatic rings. The van der Waals surface area contributed by atoms with Crippen LogP contribution in [-0.2, 0) is 9.53 Å². The van der Waals surface area contributed by atoms with E-state index in [1.54, 1.807) is 4.90 Å². The first-order valence-electron chi connectivity index (χ1n) is 7.90. The molecule has 0 atom stereocenters. The summed E-state index contributed by atoms with van der Waals surface area (Å²) in [5, 5.41) is 11.7. The number of carbonyl (C=O) groups is 1. The lowest BCUT2D eigenvalue weighted by Gasteiger charge is -2.35. The highest BCUT2D eigenvalue weighted by atomic mass is 16.6. The fourth-order valence-electron chi connectivity index (χ4n) is 2.99. The summed E-state index contributed by atoms with van der Waals surface area (Å²) in [7, 11) is 0. The Morgan fingerprint density at radius 3 is 2.12 bits per heavy atom. The molecule has 2 fully saturated rings. The third-order valence-corrected chi connectivity index (χ3v) is 4.30. The Hall–Kier alpha value is -2.49. The second-order valence-corrected chi connectivity index (χ2v) is 5.72. The molecule has 3 rings (SSSR count). The molecule has 0 radical (unpaired) electrons. The molecule has 0 bridgehead atoms. The van der Waals surface area contributed by atoms with Gasteiger partial charge in [-0.1, -0.05) is 0 Å². The summed E-state index contributed by atoms with van der Waals surface area (Å²) < 4.78 is 5.30. The normalized spacial score (nSPS) is 18.6. The number of piperazine rings is 1. The lowest BCUT2D eigenvalue weighted by Crippen LogP contribution is -2.48. The number of carbonyl (C=O) groups excluding carboxylic acids is 1. The number of nitrogens with zero attached hydrogens (tertiary/aromatic N) is 6. The summed E-state index contributed by atoms with van der Waals surface area (Å²) >= 11 is 0. The maximum absolute atomic E-state index is 11.7. The molecule has 10 nitrogen and oxygen atoms in total. The Bertz CT molecular complexity index is 626. The van der Waals surface area contributed by atoms with Gasteiger partial charge in [-0.25, -0.2) is 9.97 Å². The fourth-order valence-corrected chi connectivity index (χ4v) is 2.99. The van der Waals surface area contributed by atoms with E-state index < -0.39 is 4.92 Å². The van der Waals surface area contributed by atoms with Crippen LogP contribution in [0.2, 0.25) is 0 Å². The SMILES string of the molecule is CC(=O)N1CCN(c2ncnc(N3CCOCC3)c2[N+](=O)[O-])CC1. The van der Waals surface area contributed by atoms with Crippen LogP contribution < -0.4 is 9.80 Å². The van der Waals surface area contributed by atoms with Gasteiger partial charge in [0.2, 0.25) is 17.5 Å². The molecule has 1 aromatic heterocycles. The Morgan fingerprint density at radius 1 is 1.08 bits per heavy atom. The fraction of sp³-hybridized carbons (Fsp3) is 0.643. The van der Waals surface area contributed by atoms with Crippen LogP contribution in [0.5, 0.6) is 0 Å². The minimum atomic E-state index is -0.419. The van der Waals surface area contributed by atoms with Gasteiger partial charge in [-0.05, 0) is 0 Å². The maximum Gasteiger partial charge on any atom is 0.353 e. The molecule has 2 saturated heterocycles. The van der Waals surface area contributed by atoms with Crippen LogP contribution in [0.15, 0.2) is 6.33 Å². The van der Waals surface area contributed by atoms with E-state index in [0.29, 0.717) is 64.1 Å². The van der Waals surface area contributed by atoms with Crippen molar-refractivity contribution in [1.29, 1.82) is 0 Å². The van der Waals surface area contributed by atoms with Gasteiger partial charge in [-0.15, -0.1) is 0 Å². The topological polar surface area (TPSA) is 105 Å². The second kappa shape index (κ2) is 6.95. The molecule has 0 N–H and O–H groups in total. The molecule has 0 saturated carbocycles. The van der Waals surface area contributed by atoms with Crippen LogP contribution >= 0.6 is 0 Å². The highest BCUT2D eigenvalue weighted by Crippen LogP contribution is 2.34. The van der Waals surface area contributed by atoms with Crippen LogP contribution in [0, 0.1) is 10.1 Å². The van der Waals surface area contributed by atoms with Crippen molar-refractivity contribution in [3.63, 3.8) is 0 Å². The number of aromatic nitrogens is 2. The van der Waals surface area contributed by atoms with Crippen molar-refractivity contribution in [3.8, 4) is 0 Å². The summed E-state index contributed by atoms with van der Waals surface area (Å²) in [4.78, 5) is 36.4. The lowest BCUT2D eigenvalue weighted by atomic mass is 10.2. The van der Waals surface area contributed by atoms with Gasteiger partial charge < -0.3 is 19.4 Å². The van der Waals surface area contributed by atoms with Crippen molar-refractivity contribution in [2.45, 2.75) is 6.92 Å². The zero-order valence-electron chi connectivity index (χ0n) is 13.6. The Kier molecular flexibility index (Phi) is 4.74. The Balaban J connectivity index is 1.88. The van der Waals surface area contributed by atoms with Crippen LogP contribution in [0.1, 0.15) is 6.92 Å². The highest BCUT2D eigenvalue weighted by Gasteiger charge is 2.32. The molecular formula is C14H20N6O4. The van der Waals surface area contributed by atoms with E-state index in [4.69, 9.17) is 4.74 Å². The first-order valence-corrected chi connectivity index (χ1v) is 7.90. The quantitative estimate of drug-likeness (QED) is 0.556. The summed E-state index contributed by atoms with van der Waals surface area (Å²) in [6.45, 7) is 5.79. The maximum atomic E-state index is 11.7. The summed E-state index contributed by atoms with van der Waals surface area (Å²) in [5.74, 6) is 0.669. The molecule has 1 amide bonds. The number of rotatable bonds is 3. The third kappa shape index (κ3) is 3.23. The van der Waals surface area contributed by atoms with E-state index in [0.717, 1.165) is 0 Å². The van der Waals surface area contributed by atoms with Crippen LogP contribution in [0.25, 0.3) is 0 Å². The van der Waals surface area contributed by atoms with Crippen molar-refractivity contribution >= 4 is 23.2 Å². The van der Waals surface area contributed by atoms with Crippen LogP contribution in [0.4, 0.5) is 17.3 Å². The summed E-state index contributed by atoms with van der Waals surface area (Å²) in [5.41, 5.74) is -0.0734. The zero-order chi connectivity index (χ0) is 17.1. The largest absolute Gasteiger partial charge is 0.378 e. The minimum Gasteiger partial charge on any atom is -0.378 e. The van der Waals surface area contributed by atoms with Crippen molar-refractivity contribution in [2.24, 2.45) is 0 Å². The average Bonchev–Trinajstić information content (AvgIpc) is 2.61. The zero-order valence-corrected chi connectivity index (χ0v) is 13.6. The van der Waals surface area contributed by atoms with Crippen molar-refractivity contribution in [2.75, 3.05) is 62.3 Å². The first kappa shape index (κ1) is 16.4. The molecular weight excluding hydrogens is 316 g/mol. The van der Waals surface area contributed by atoms with Gasteiger partial charge in [0.05, 0.1) is 18.1 Å². The molecule has 0 aromatic carbocycles. The number of hydrogen-bond donors (Lipinski definition) is 0. The van der Waals surface area contributed by atoms with Gasteiger partial charge >= 0.3 is 5.69 Å². The molecule has 10 heteroatoms. The van der Waals surface area contributed by atoms with Gasteiger partial charge in [-0.2, -0.15) is 0 Å². The van der Waals surface area contributed by atoms with Gasteiger partial charge in [0.1, 0.15) is 6.33 Å². The van der Waals surface area contributed by atoms with E-state index in [1.165, 1.54) is 13.3 Å². The highest BCUT2D eigenvalue weighted by molar-refractivity contribution is 5.74. The number of amides is 1. The smallest absolute Gasteiger partial charge is 0.353 e. The number of nitro groups is 1. The molecule has 0 spiro atoms. The van der Waals surface area contributed by atoms with Crippen LogP contribution in [-0.4, -0.2) is 78.2 Å². The number of hydrogen-bond acceptors (Lipinski definition) is 8. The average molecular weight is 336 g/mol. The van der Waals surface area contributed by atoms with E-state index in [1.807, 2.05) is 9.80 Å². The van der Waals surface area contributed by atoms with Crippen LogP contribution in [0.3, 0.4) is 0 Å². The van der Waals surface area contributed by atoms with E-state index in [9.17, 15) is 14.9 Å². The van der Waals surface area contributed by atoms with Crippen molar-refractivity contribution in [3.05, 3.63) is 16.4 Å². The van der Waals surface area contributed by atoms with Crippen molar-refractivity contribution < 1.29 is 14.5 Å². The van der Waals surface area contributed by atoms with E-state index in [-0.39, 0.29) is 11.6 Å².